The lowest BCUT2D eigenvalue weighted by atomic mass is 10.2. The van der Waals surface area contributed by atoms with Gasteiger partial charge in [-0.05, 0) is 12.8 Å². The van der Waals surface area contributed by atoms with Crippen LogP contribution in [0.1, 0.15) is 12.8 Å². The highest BCUT2D eigenvalue weighted by Gasteiger charge is 1.91. The van der Waals surface area contributed by atoms with Crippen molar-refractivity contribution in [2.45, 2.75) is 17.6 Å². The van der Waals surface area contributed by atoms with Crippen LogP contribution in [0, 0.1) is 0 Å². The van der Waals surface area contributed by atoms with Crippen molar-refractivity contribution in [2.24, 2.45) is 0 Å². The lowest BCUT2D eigenvalue weighted by Crippen LogP contribution is -1.86. The summed E-state index contributed by atoms with van der Waals surface area (Å²) in [5.41, 5.74) is 0. The predicted molar refractivity (Wildman–Crippen MR) is 54.5 cm³/mol. The quantitative estimate of drug-likeness (QED) is 0.409. The zero-order valence-electron chi connectivity index (χ0n) is 5.55. The molecule has 0 N–H and O–H groups in total. The van der Waals surface area contributed by atoms with Gasteiger partial charge in [-0.3, -0.25) is 0 Å². The van der Waals surface area contributed by atoms with Gasteiger partial charge < -0.3 is 0 Å². The van der Waals surface area contributed by atoms with Gasteiger partial charge in [0.25, 0.3) is 0 Å². The minimum absolute atomic E-state index is 0. The van der Waals surface area contributed by atoms with Crippen LogP contribution in [-0.2, 0) is 0 Å². The SMILES string of the molecule is C=CC[CH]([Al])CC=C.I. The summed E-state index contributed by atoms with van der Waals surface area (Å²) in [6.45, 7) is 7.27. The van der Waals surface area contributed by atoms with Crippen molar-refractivity contribution in [3.63, 3.8) is 0 Å². The zero-order chi connectivity index (χ0) is 6.41. The van der Waals surface area contributed by atoms with Crippen LogP contribution in [0.5, 0.6) is 0 Å². The summed E-state index contributed by atoms with van der Waals surface area (Å²) in [5, 5.41) is 0. The number of hydrogen-bond acceptors (Lipinski definition) is 0. The first-order valence-electron chi connectivity index (χ1n) is 2.78. The van der Waals surface area contributed by atoms with Gasteiger partial charge in [-0.2, -0.15) is 0 Å². The van der Waals surface area contributed by atoms with E-state index in [4.69, 9.17) is 0 Å². The molecule has 0 aliphatic carbocycles. The Bertz CT molecular complexity index is 71.0. The largest absolute Gasteiger partial charge is 0.124 e. The van der Waals surface area contributed by atoms with Gasteiger partial charge in [-0.1, -0.05) is 12.2 Å². The lowest BCUT2D eigenvalue weighted by Gasteiger charge is -2.02. The second-order valence-corrected chi connectivity index (χ2v) is 2.75. The number of halogens is 1. The Morgan fingerprint density at radius 1 is 1.22 bits per heavy atom. The van der Waals surface area contributed by atoms with Crippen LogP contribution in [0.25, 0.3) is 0 Å². The van der Waals surface area contributed by atoms with Crippen molar-refractivity contribution >= 4 is 40.3 Å². The first-order chi connectivity index (χ1) is 3.81. The Morgan fingerprint density at radius 3 is 1.78 bits per heavy atom. The third-order valence-electron chi connectivity index (χ3n) is 0.939. The summed E-state index contributed by atoms with van der Waals surface area (Å²) in [6.07, 6.45) is 6.00. The fraction of sp³-hybridized carbons (Fsp3) is 0.429. The molecule has 0 spiro atoms. The molecule has 0 atom stereocenters. The lowest BCUT2D eigenvalue weighted by molar-refractivity contribution is 0.866. The van der Waals surface area contributed by atoms with E-state index in [1.54, 1.807) is 0 Å². The highest BCUT2D eigenvalue weighted by atomic mass is 127. The molecule has 0 amide bonds. The van der Waals surface area contributed by atoms with Crippen LogP contribution < -0.4 is 0 Å². The number of allylic oxidation sites excluding steroid dienone is 2. The van der Waals surface area contributed by atoms with Crippen LogP contribution in [0.15, 0.2) is 25.3 Å². The van der Waals surface area contributed by atoms with Gasteiger partial charge in [0.15, 0.2) is 0 Å². The molecule has 2 heteroatoms. The average Bonchev–Trinajstić information content (AvgIpc) is 1.68. The third kappa shape index (κ3) is 8.74. The topological polar surface area (TPSA) is 0 Å². The molecule has 0 saturated carbocycles. The maximum Gasteiger partial charge on any atom is 0.124 e. The Balaban J connectivity index is 0. The fourth-order valence-corrected chi connectivity index (χ4v) is 0.909. The predicted octanol–water partition coefficient (Wildman–Crippen LogP) is 2.71. The molecule has 0 bridgehead atoms. The summed E-state index contributed by atoms with van der Waals surface area (Å²) in [4.78, 5) is 0. The molecule has 9 heavy (non-hydrogen) atoms. The fourth-order valence-electron chi connectivity index (χ4n) is 0.524. The monoisotopic (exact) mass is 250 g/mol. The smallest absolute Gasteiger partial charge is 0.107 e. The molecule has 50 valence electrons. The van der Waals surface area contributed by atoms with Crippen molar-refractivity contribution in [1.82, 2.24) is 0 Å². The van der Waals surface area contributed by atoms with E-state index in [9.17, 15) is 0 Å². The minimum Gasteiger partial charge on any atom is -0.107 e. The normalized spacial score (nSPS) is 8.11. The van der Waals surface area contributed by atoms with Gasteiger partial charge in [0.1, 0.15) is 16.3 Å². The molecule has 0 nitrogen and oxygen atoms in total. The van der Waals surface area contributed by atoms with E-state index in [-0.39, 0.29) is 24.0 Å². The van der Waals surface area contributed by atoms with Crippen molar-refractivity contribution in [1.29, 1.82) is 0 Å². The second-order valence-electron chi connectivity index (χ2n) is 1.81. The Kier molecular flexibility index (Phi) is 12.1. The van der Waals surface area contributed by atoms with Crippen LogP contribution in [0.2, 0.25) is 4.78 Å². The molecule has 0 aromatic carbocycles. The van der Waals surface area contributed by atoms with E-state index in [0.717, 1.165) is 12.8 Å². The van der Waals surface area contributed by atoms with Gasteiger partial charge in [0.2, 0.25) is 0 Å². The summed E-state index contributed by atoms with van der Waals surface area (Å²) in [5.74, 6) is 0. The van der Waals surface area contributed by atoms with Crippen molar-refractivity contribution in [3.05, 3.63) is 25.3 Å². The van der Waals surface area contributed by atoms with Crippen LogP contribution in [0.4, 0.5) is 0 Å². The van der Waals surface area contributed by atoms with Gasteiger partial charge >= 0.3 is 0 Å². The zero-order valence-corrected chi connectivity index (χ0v) is 9.03. The van der Waals surface area contributed by atoms with E-state index >= 15 is 0 Å². The summed E-state index contributed by atoms with van der Waals surface area (Å²) < 4.78 is 0.644. The van der Waals surface area contributed by atoms with Crippen LogP contribution >= 0.6 is 24.0 Å². The van der Waals surface area contributed by atoms with E-state index in [1.165, 1.54) is 0 Å². The molecule has 0 saturated heterocycles. The van der Waals surface area contributed by atoms with Crippen LogP contribution in [0.3, 0.4) is 0 Å². The van der Waals surface area contributed by atoms with Gasteiger partial charge in [-0.15, -0.1) is 41.9 Å². The molecule has 0 aliphatic rings. The van der Waals surface area contributed by atoms with E-state index in [0.29, 0.717) is 4.78 Å². The molecule has 0 rings (SSSR count). The van der Waals surface area contributed by atoms with E-state index < -0.39 is 0 Å². The minimum atomic E-state index is 0. The molecule has 0 aromatic rings. The maximum absolute atomic E-state index is 3.64. The summed E-state index contributed by atoms with van der Waals surface area (Å²) >= 11 is 2.76. The summed E-state index contributed by atoms with van der Waals surface area (Å²) in [6, 6.07) is 0. The number of hydrogen-bond donors (Lipinski definition) is 0. The van der Waals surface area contributed by atoms with Gasteiger partial charge in [0, 0.05) is 0 Å². The Hall–Kier alpha value is 0.742. The average molecular weight is 250 g/mol. The van der Waals surface area contributed by atoms with E-state index in [1.807, 2.05) is 12.2 Å². The Morgan fingerprint density at radius 2 is 1.56 bits per heavy atom. The first-order valence-corrected chi connectivity index (χ1v) is 3.45. The molecule has 0 aromatic heterocycles. The van der Waals surface area contributed by atoms with Crippen molar-refractivity contribution < 1.29 is 0 Å². The molecular weight excluding hydrogens is 238 g/mol. The molecule has 0 aliphatic heterocycles. The first kappa shape index (κ1) is 12.4. The second kappa shape index (κ2) is 8.74. The highest BCUT2D eigenvalue weighted by molar-refractivity contribution is 14.0. The van der Waals surface area contributed by atoms with Gasteiger partial charge in [-0.25, -0.2) is 0 Å². The van der Waals surface area contributed by atoms with Gasteiger partial charge in [0.05, 0.1) is 0 Å². The highest BCUT2D eigenvalue weighted by Crippen LogP contribution is 2.10. The third-order valence-corrected chi connectivity index (χ3v) is 1.48. The number of rotatable bonds is 4. The van der Waals surface area contributed by atoms with Crippen molar-refractivity contribution in [3.8, 4) is 0 Å². The molecular formula is C7H12AlI. The molecule has 2 radical (unpaired) electrons. The Labute approximate surface area is 82.9 Å². The molecule has 0 fully saturated rings. The van der Waals surface area contributed by atoms with Crippen molar-refractivity contribution in [2.75, 3.05) is 0 Å². The van der Waals surface area contributed by atoms with E-state index in [2.05, 4.69) is 29.4 Å². The molecule has 0 heterocycles. The summed E-state index contributed by atoms with van der Waals surface area (Å²) in [7, 11) is 0. The standard InChI is InChI=1S/C7H11.Al.HI/c1-3-5-7-6-4-2;;/h3-4,7H,1-2,5-6H2;;1H. The van der Waals surface area contributed by atoms with Crippen LogP contribution in [-0.4, -0.2) is 16.3 Å². The molecule has 0 unspecified atom stereocenters. The maximum atomic E-state index is 3.64.